The molecule has 0 atom stereocenters. The number of carboxylic acids is 1. The first kappa shape index (κ1) is 11.6. The molecule has 0 aliphatic carbocycles. The van der Waals surface area contributed by atoms with Crippen molar-refractivity contribution in [1.82, 2.24) is 9.88 Å². The highest BCUT2D eigenvalue weighted by Crippen LogP contribution is 2.20. The van der Waals surface area contributed by atoms with Crippen LogP contribution in [0.2, 0.25) is 0 Å². The zero-order valence-corrected chi connectivity index (χ0v) is 9.44. The van der Waals surface area contributed by atoms with Gasteiger partial charge in [0, 0.05) is 6.20 Å². The second-order valence-corrected chi connectivity index (χ2v) is 4.30. The molecule has 2 rings (SSSR count). The van der Waals surface area contributed by atoms with Gasteiger partial charge in [0.15, 0.2) is 0 Å². The average molecular weight is 252 g/mol. The Bertz CT molecular complexity index is 470. The van der Waals surface area contributed by atoms with Gasteiger partial charge in [-0.25, -0.2) is 4.79 Å². The highest BCUT2D eigenvalue weighted by Gasteiger charge is 2.29. The number of nitrogens with zero attached hydrogens (tertiary/aromatic N) is 2. The van der Waals surface area contributed by atoms with Crippen LogP contribution in [0.5, 0.6) is 0 Å². The van der Waals surface area contributed by atoms with E-state index in [9.17, 15) is 14.4 Å². The Balaban J connectivity index is 2.11. The van der Waals surface area contributed by atoms with Gasteiger partial charge in [-0.05, 0) is 12.1 Å². The first-order chi connectivity index (χ1) is 8.08. The summed E-state index contributed by atoms with van der Waals surface area (Å²) < 4.78 is 0. The monoisotopic (exact) mass is 252 g/mol. The predicted molar refractivity (Wildman–Crippen MR) is 59.6 cm³/mol. The molecule has 0 unspecified atom stereocenters. The van der Waals surface area contributed by atoms with Gasteiger partial charge >= 0.3 is 5.97 Å². The summed E-state index contributed by atoms with van der Waals surface area (Å²) in [6.07, 6.45) is 1.20. The van der Waals surface area contributed by atoms with Crippen LogP contribution in [-0.4, -0.2) is 37.9 Å². The predicted octanol–water partition coefficient (Wildman–Crippen LogP) is 0.975. The van der Waals surface area contributed by atoms with Crippen LogP contribution >= 0.6 is 11.8 Å². The number of hydrogen-bond acceptors (Lipinski definition) is 5. The van der Waals surface area contributed by atoms with Crippen molar-refractivity contribution in [2.24, 2.45) is 0 Å². The molecule has 88 valence electrons. The van der Waals surface area contributed by atoms with E-state index in [1.807, 2.05) is 0 Å². The Morgan fingerprint density at radius 2 is 2.24 bits per heavy atom. The second kappa shape index (κ2) is 4.54. The van der Waals surface area contributed by atoms with Crippen LogP contribution in [0.15, 0.2) is 18.3 Å². The van der Waals surface area contributed by atoms with E-state index in [1.165, 1.54) is 18.3 Å². The fourth-order valence-electron chi connectivity index (χ4n) is 1.34. The first-order valence-electron chi connectivity index (χ1n) is 4.73. The SMILES string of the molecule is O=C(O)c1ccc(CN2C(=O)CSC2=O)nc1. The molecule has 1 aromatic heterocycles. The zero-order chi connectivity index (χ0) is 12.4. The van der Waals surface area contributed by atoms with Gasteiger partial charge in [0.1, 0.15) is 0 Å². The van der Waals surface area contributed by atoms with Gasteiger partial charge in [0.05, 0.1) is 23.6 Å². The topological polar surface area (TPSA) is 87.6 Å². The van der Waals surface area contributed by atoms with Crippen LogP contribution in [0, 0.1) is 0 Å². The minimum absolute atomic E-state index is 0.0715. The Kier molecular flexibility index (Phi) is 3.10. The molecule has 0 spiro atoms. The van der Waals surface area contributed by atoms with Crippen LogP contribution in [0.1, 0.15) is 16.1 Å². The fraction of sp³-hybridized carbons (Fsp3) is 0.200. The molecule has 1 aliphatic rings. The maximum atomic E-state index is 11.3. The summed E-state index contributed by atoms with van der Waals surface area (Å²) in [4.78, 5) is 38.2. The van der Waals surface area contributed by atoms with E-state index in [-0.39, 0.29) is 29.0 Å². The van der Waals surface area contributed by atoms with E-state index in [0.717, 1.165) is 16.7 Å². The Morgan fingerprint density at radius 3 is 2.71 bits per heavy atom. The molecule has 7 heteroatoms. The fourth-order valence-corrected chi connectivity index (χ4v) is 2.07. The molecule has 0 saturated carbocycles. The van der Waals surface area contributed by atoms with Crippen molar-refractivity contribution in [3.63, 3.8) is 0 Å². The van der Waals surface area contributed by atoms with Gasteiger partial charge in [0.25, 0.3) is 5.24 Å². The number of amides is 2. The van der Waals surface area contributed by atoms with E-state index in [1.54, 1.807) is 0 Å². The molecular weight excluding hydrogens is 244 g/mol. The van der Waals surface area contributed by atoms with Gasteiger partial charge in [0.2, 0.25) is 5.91 Å². The number of rotatable bonds is 3. The second-order valence-electron chi connectivity index (χ2n) is 3.38. The number of thioether (sulfide) groups is 1. The quantitative estimate of drug-likeness (QED) is 0.862. The highest BCUT2D eigenvalue weighted by molar-refractivity contribution is 8.14. The molecule has 17 heavy (non-hydrogen) atoms. The lowest BCUT2D eigenvalue weighted by molar-refractivity contribution is -0.125. The minimum Gasteiger partial charge on any atom is -0.478 e. The van der Waals surface area contributed by atoms with Crippen molar-refractivity contribution in [3.8, 4) is 0 Å². The lowest BCUT2D eigenvalue weighted by Gasteiger charge is -2.11. The van der Waals surface area contributed by atoms with Crippen LogP contribution in [-0.2, 0) is 11.3 Å². The number of carbonyl (C=O) groups is 3. The first-order valence-corrected chi connectivity index (χ1v) is 5.72. The summed E-state index contributed by atoms with van der Waals surface area (Å²) >= 11 is 0.956. The molecule has 1 aromatic rings. The summed E-state index contributed by atoms with van der Waals surface area (Å²) in [6.45, 7) is 0.0879. The number of pyridine rings is 1. The summed E-state index contributed by atoms with van der Waals surface area (Å²) in [5.41, 5.74) is 0.557. The Labute approximate surface area is 101 Å². The van der Waals surface area contributed by atoms with Crippen molar-refractivity contribution < 1.29 is 19.5 Å². The minimum atomic E-state index is -1.06. The molecule has 1 saturated heterocycles. The van der Waals surface area contributed by atoms with E-state index in [0.29, 0.717) is 5.69 Å². The van der Waals surface area contributed by atoms with Crippen molar-refractivity contribution >= 4 is 28.9 Å². The van der Waals surface area contributed by atoms with E-state index in [2.05, 4.69) is 4.98 Å². The molecule has 0 aromatic carbocycles. The third-order valence-electron chi connectivity index (χ3n) is 2.23. The maximum Gasteiger partial charge on any atom is 0.337 e. The molecular formula is C10H8N2O4S. The summed E-state index contributed by atoms with van der Waals surface area (Å²) in [5, 5.41) is 8.39. The van der Waals surface area contributed by atoms with Gasteiger partial charge < -0.3 is 5.11 Å². The molecule has 1 fully saturated rings. The summed E-state index contributed by atoms with van der Waals surface area (Å²) in [6, 6.07) is 2.88. The van der Waals surface area contributed by atoms with Crippen molar-refractivity contribution in [3.05, 3.63) is 29.6 Å². The molecule has 2 amide bonds. The lowest BCUT2D eigenvalue weighted by Crippen LogP contribution is -2.28. The standard InChI is InChI=1S/C10H8N2O4S/c13-8-5-17-10(16)12(8)4-7-2-1-6(3-11-7)9(14)15/h1-3H,4-5H2,(H,14,15). The van der Waals surface area contributed by atoms with E-state index >= 15 is 0 Å². The van der Waals surface area contributed by atoms with Crippen molar-refractivity contribution in [1.29, 1.82) is 0 Å². The van der Waals surface area contributed by atoms with Gasteiger partial charge in [-0.3, -0.25) is 19.5 Å². The highest BCUT2D eigenvalue weighted by atomic mass is 32.2. The van der Waals surface area contributed by atoms with E-state index < -0.39 is 5.97 Å². The van der Waals surface area contributed by atoms with Crippen LogP contribution in [0.25, 0.3) is 0 Å². The van der Waals surface area contributed by atoms with E-state index in [4.69, 9.17) is 5.11 Å². The van der Waals surface area contributed by atoms with Gasteiger partial charge in [-0.1, -0.05) is 11.8 Å². The number of imide groups is 1. The molecule has 1 N–H and O–H groups in total. The number of carbonyl (C=O) groups excluding carboxylic acids is 2. The summed E-state index contributed by atoms with van der Waals surface area (Å²) in [7, 11) is 0. The average Bonchev–Trinajstić information content (AvgIpc) is 2.61. The maximum absolute atomic E-state index is 11.3. The van der Waals surface area contributed by atoms with Crippen molar-refractivity contribution in [2.75, 3.05) is 5.75 Å². The van der Waals surface area contributed by atoms with Crippen LogP contribution < -0.4 is 0 Å². The molecule has 0 radical (unpaired) electrons. The Morgan fingerprint density at radius 1 is 1.47 bits per heavy atom. The smallest absolute Gasteiger partial charge is 0.337 e. The van der Waals surface area contributed by atoms with Gasteiger partial charge in [-0.15, -0.1) is 0 Å². The number of aromatic carboxylic acids is 1. The molecule has 0 bridgehead atoms. The van der Waals surface area contributed by atoms with Crippen LogP contribution in [0.4, 0.5) is 4.79 Å². The molecule has 1 aliphatic heterocycles. The normalized spacial score (nSPS) is 15.4. The number of aromatic nitrogens is 1. The number of hydrogen-bond donors (Lipinski definition) is 1. The third kappa shape index (κ3) is 2.44. The summed E-state index contributed by atoms with van der Waals surface area (Å²) in [5.74, 6) is -1.15. The molecule has 6 nitrogen and oxygen atoms in total. The Hall–Kier alpha value is -1.89. The van der Waals surface area contributed by atoms with Gasteiger partial charge in [-0.2, -0.15) is 0 Å². The largest absolute Gasteiger partial charge is 0.478 e. The third-order valence-corrected chi connectivity index (χ3v) is 3.09. The number of carboxylic acid groups (broad SMARTS) is 1. The van der Waals surface area contributed by atoms with Crippen LogP contribution in [0.3, 0.4) is 0 Å². The molecule has 2 heterocycles. The zero-order valence-electron chi connectivity index (χ0n) is 8.62. The lowest BCUT2D eigenvalue weighted by atomic mass is 10.2. The van der Waals surface area contributed by atoms with Crippen molar-refractivity contribution in [2.45, 2.75) is 6.54 Å².